The van der Waals surface area contributed by atoms with E-state index in [4.69, 9.17) is 9.47 Å². The number of aromatic amines is 1. The molecule has 0 saturated carbocycles. The second kappa shape index (κ2) is 5.60. The molecule has 0 radical (unpaired) electrons. The molecule has 1 aromatic heterocycles. The molecule has 2 heterocycles. The Bertz CT molecular complexity index is 713. The standard InChI is InChI=1S/C14H16N2O4/c17-13-10-4-1-2-5-11(10)14(18)16(15-13)7-6-12-19-8-3-9-20-12/h1-2,4-5,12H,3,6-9H2,(H,15,17). The van der Waals surface area contributed by atoms with Crippen molar-refractivity contribution in [2.45, 2.75) is 25.7 Å². The molecule has 1 aliphatic rings. The summed E-state index contributed by atoms with van der Waals surface area (Å²) in [4.78, 5) is 24.2. The molecule has 0 bridgehead atoms. The van der Waals surface area contributed by atoms with Crippen molar-refractivity contribution < 1.29 is 9.47 Å². The summed E-state index contributed by atoms with van der Waals surface area (Å²) in [5.41, 5.74) is -0.457. The second-order valence-corrected chi connectivity index (χ2v) is 4.76. The Hall–Kier alpha value is -1.92. The van der Waals surface area contributed by atoms with Gasteiger partial charge in [-0.25, -0.2) is 4.68 Å². The first-order valence-electron chi connectivity index (χ1n) is 6.71. The molecule has 0 amide bonds. The molecule has 0 aliphatic carbocycles. The van der Waals surface area contributed by atoms with Crippen molar-refractivity contribution in [3.8, 4) is 0 Å². The second-order valence-electron chi connectivity index (χ2n) is 4.76. The number of nitrogens with zero attached hydrogens (tertiary/aromatic N) is 1. The molecule has 6 heteroatoms. The molecule has 0 unspecified atom stereocenters. The number of benzene rings is 1. The highest BCUT2D eigenvalue weighted by Gasteiger charge is 2.15. The third-order valence-corrected chi connectivity index (χ3v) is 3.37. The largest absolute Gasteiger partial charge is 0.353 e. The van der Waals surface area contributed by atoms with Crippen molar-refractivity contribution in [1.82, 2.24) is 9.78 Å². The predicted molar refractivity (Wildman–Crippen MR) is 73.8 cm³/mol. The van der Waals surface area contributed by atoms with Crippen LogP contribution in [0.4, 0.5) is 0 Å². The summed E-state index contributed by atoms with van der Waals surface area (Å²) < 4.78 is 12.2. The van der Waals surface area contributed by atoms with Gasteiger partial charge in [0.25, 0.3) is 11.1 Å². The van der Waals surface area contributed by atoms with Crippen molar-refractivity contribution in [3.05, 3.63) is 45.0 Å². The number of aryl methyl sites for hydroxylation is 1. The zero-order valence-corrected chi connectivity index (χ0v) is 11.0. The highest BCUT2D eigenvalue weighted by atomic mass is 16.7. The minimum Gasteiger partial charge on any atom is -0.353 e. The van der Waals surface area contributed by atoms with E-state index in [0.717, 1.165) is 6.42 Å². The normalized spacial score (nSPS) is 16.6. The fraction of sp³-hybridized carbons (Fsp3) is 0.429. The Kier molecular flexibility index (Phi) is 3.66. The van der Waals surface area contributed by atoms with E-state index >= 15 is 0 Å². The maximum absolute atomic E-state index is 12.3. The summed E-state index contributed by atoms with van der Waals surface area (Å²) in [7, 11) is 0. The first-order valence-corrected chi connectivity index (χ1v) is 6.71. The summed E-state index contributed by atoms with van der Waals surface area (Å²) in [6.45, 7) is 1.71. The van der Waals surface area contributed by atoms with E-state index in [1.807, 2.05) is 0 Å². The predicted octanol–water partition coefficient (Wildman–Crippen LogP) is 0.843. The highest BCUT2D eigenvalue weighted by Crippen LogP contribution is 2.09. The summed E-state index contributed by atoms with van der Waals surface area (Å²) in [5, 5.41) is 3.44. The average molecular weight is 276 g/mol. The van der Waals surface area contributed by atoms with Crippen LogP contribution in [0.5, 0.6) is 0 Å². The Morgan fingerprint density at radius 1 is 1.15 bits per heavy atom. The Balaban J connectivity index is 1.86. The molecule has 1 aromatic carbocycles. The summed E-state index contributed by atoms with van der Waals surface area (Å²) >= 11 is 0. The lowest BCUT2D eigenvalue weighted by atomic mass is 10.2. The highest BCUT2D eigenvalue weighted by molar-refractivity contribution is 5.80. The number of hydrogen-bond acceptors (Lipinski definition) is 4. The lowest BCUT2D eigenvalue weighted by Gasteiger charge is -2.23. The zero-order chi connectivity index (χ0) is 13.9. The third kappa shape index (κ3) is 2.52. The van der Waals surface area contributed by atoms with Crippen LogP contribution in [-0.2, 0) is 16.0 Å². The fourth-order valence-electron chi connectivity index (χ4n) is 2.34. The minimum atomic E-state index is -0.300. The number of H-pyrrole nitrogens is 1. The lowest BCUT2D eigenvalue weighted by Crippen LogP contribution is -2.33. The molecular weight excluding hydrogens is 260 g/mol. The molecule has 1 saturated heterocycles. The van der Waals surface area contributed by atoms with Crippen LogP contribution in [0, 0.1) is 0 Å². The van der Waals surface area contributed by atoms with Crippen LogP contribution in [-0.4, -0.2) is 29.3 Å². The van der Waals surface area contributed by atoms with E-state index in [9.17, 15) is 9.59 Å². The molecule has 1 fully saturated rings. The summed E-state index contributed by atoms with van der Waals surface area (Å²) in [6, 6.07) is 6.80. The van der Waals surface area contributed by atoms with Crippen LogP contribution in [0.1, 0.15) is 12.8 Å². The summed E-state index contributed by atoms with van der Waals surface area (Å²) in [5.74, 6) is 0. The molecule has 2 aromatic rings. The number of nitrogens with one attached hydrogen (secondary N) is 1. The van der Waals surface area contributed by atoms with Gasteiger partial charge in [-0.1, -0.05) is 12.1 Å². The van der Waals surface area contributed by atoms with E-state index < -0.39 is 0 Å². The first kappa shape index (κ1) is 13.1. The van der Waals surface area contributed by atoms with Crippen LogP contribution < -0.4 is 11.1 Å². The van der Waals surface area contributed by atoms with Gasteiger partial charge in [0, 0.05) is 13.0 Å². The van der Waals surface area contributed by atoms with Gasteiger partial charge in [-0.05, 0) is 18.6 Å². The van der Waals surface area contributed by atoms with Crippen LogP contribution in [0.15, 0.2) is 33.9 Å². The quantitative estimate of drug-likeness (QED) is 0.901. The van der Waals surface area contributed by atoms with Crippen LogP contribution >= 0.6 is 0 Å². The van der Waals surface area contributed by atoms with Gasteiger partial charge in [-0.2, -0.15) is 0 Å². The van der Waals surface area contributed by atoms with Gasteiger partial charge in [-0.15, -0.1) is 0 Å². The van der Waals surface area contributed by atoms with Gasteiger partial charge in [0.15, 0.2) is 6.29 Å². The van der Waals surface area contributed by atoms with Crippen molar-refractivity contribution >= 4 is 10.8 Å². The minimum absolute atomic E-state index is 0.198. The van der Waals surface area contributed by atoms with Crippen LogP contribution in [0.2, 0.25) is 0 Å². The average Bonchev–Trinajstić information content (AvgIpc) is 2.50. The van der Waals surface area contributed by atoms with Gasteiger partial charge in [-0.3, -0.25) is 14.7 Å². The lowest BCUT2D eigenvalue weighted by molar-refractivity contribution is -0.182. The summed E-state index contributed by atoms with van der Waals surface area (Å²) in [6.07, 6.45) is 1.13. The molecule has 0 spiro atoms. The van der Waals surface area contributed by atoms with E-state index in [2.05, 4.69) is 5.10 Å². The Morgan fingerprint density at radius 3 is 2.60 bits per heavy atom. The van der Waals surface area contributed by atoms with Gasteiger partial charge >= 0.3 is 0 Å². The molecule has 3 rings (SSSR count). The van der Waals surface area contributed by atoms with Gasteiger partial charge in [0.2, 0.25) is 0 Å². The number of rotatable bonds is 3. The van der Waals surface area contributed by atoms with Crippen LogP contribution in [0.25, 0.3) is 10.8 Å². The molecule has 6 nitrogen and oxygen atoms in total. The van der Waals surface area contributed by atoms with E-state index in [-0.39, 0.29) is 17.4 Å². The number of fused-ring (bicyclic) bond motifs is 1. The first-order chi connectivity index (χ1) is 9.75. The number of hydrogen-bond donors (Lipinski definition) is 1. The molecule has 106 valence electrons. The molecule has 20 heavy (non-hydrogen) atoms. The molecule has 1 aliphatic heterocycles. The zero-order valence-electron chi connectivity index (χ0n) is 11.0. The number of aromatic nitrogens is 2. The van der Waals surface area contributed by atoms with Gasteiger partial charge < -0.3 is 9.47 Å². The van der Waals surface area contributed by atoms with Crippen molar-refractivity contribution in [2.75, 3.05) is 13.2 Å². The maximum Gasteiger partial charge on any atom is 0.273 e. The smallest absolute Gasteiger partial charge is 0.273 e. The van der Waals surface area contributed by atoms with E-state index in [0.29, 0.717) is 37.0 Å². The monoisotopic (exact) mass is 276 g/mol. The van der Waals surface area contributed by atoms with Crippen molar-refractivity contribution in [1.29, 1.82) is 0 Å². The van der Waals surface area contributed by atoms with Crippen molar-refractivity contribution in [2.24, 2.45) is 0 Å². The molecule has 1 N–H and O–H groups in total. The van der Waals surface area contributed by atoms with Crippen molar-refractivity contribution in [3.63, 3.8) is 0 Å². The van der Waals surface area contributed by atoms with E-state index in [1.165, 1.54) is 4.68 Å². The van der Waals surface area contributed by atoms with Gasteiger partial charge in [0.1, 0.15) is 0 Å². The number of ether oxygens (including phenoxy) is 2. The molecule has 0 atom stereocenters. The SMILES string of the molecule is O=c1[nH]n(CCC2OCCCO2)c(=O)c2ccccc12. The fourth-order valence-corrected chi connectivity index (χ4v) is 2.34. The topological polar surface area (TPSA) is 73.3 Å². The van der Waals surface area contributed by atoms with Crippen LogP contribution in [0.3, 0.4) is 0 Å². The Morgan fingerprint density at radius 2 is 1.85 bits per heavy atom. The maximum atomic E-state index is 12.3. The van der Waals surface area contributed by atoms with Gasteiger partial charge in [0.05, 0.1) is 24.0 Å². The third-order valence-electron chi connectivity index (χ3n) is 3.37. The molecular formula is C14H16N2O4. The Labute approximate surface area is 114 Å². The van der Waals surface area contributed by atoms with E-state index in [1.54, 1.807) is 24.3 Å².